The molecule has 0 aliphatic rings. The van der Waals surface area contributed by atoms with E-state index in [0.29, 0.717) is 12.3 Å². The summed E-state index contributed by atoms with van der Waals surface area (Å²) in [4.78, 5) is 19.3. The van der Waals surface area contributed by atoms with E-state index in [1.807, 2.05) is 54.6 Å². The highest BCUT2D eigenvalue weighted by Crippen LogP contribution is 2.15. The van der Waals surface area contributed by atoms with Crippen molar-refractivity contribution in [3.05, 3.63) is 82.8 Å². The third-order valence-electron chi connectivity index (χ3n) is 3.29. The molecule has 4 heteroatoms. The molecule has 1 heterocycles. The molecule has 0 aliphatic carbocycles. The number of nitrogens with zero attached hydrogens (tertiary/aromatic N) is 1. The number of para-hydroxylation sites is 2. The number of hydrogen-bond donors (Lipinski definition) is 1. The van der Waals surface area contributed by atoms with E-state index in [1.54, 1.807) is 12.2 Å². The predicted octanol–water partition coefficient (Wildman–Crippen LogP) is 3.66. The average molecular weight is 304 g/mol. The first-order valence-corrected chi connectivity index (χ1v) is 7.27. The van der Waals surface area contributed by atoms with Gasteiger partial charge in [0, 0.05) is 0 Å². The third-order valence-corrected chi connectivity index (χ3v) is 3.29. The zero-order chi connectivity index (χ0) is 16.1. The topological polar surface area (TPSA) is 55.0 Å². The maximum atomic E-state index is 12.1. The van der Waals surface area contributed by atoms with Crippen LogP contribution in [-0.2, 0) is 0 Å². The van der Waals surface area contributed by atoms with Gasteiger partial charge < -0.3 is 9.72 Å². The number of rotatable bonds is 5. The molecule has 3 aromatic rings. The summed E-state index contributed by atoms with van der Waals surface area (Å²) in [5, 5.41) is 0. The summed E-state index contributed by atoms with van der Waals surface area (Å²) in [6.45, 7) is 4.08. The van der Waals surface area contributed by atoms with Crippen LogP contribution in [0.15, 0.2) is 66.0 Å². The Bertz CT molecular complexity index is 926. The molecule has 4 nitrogen and oxygen atoms in total. The molecular formula is C19H16N2O2. The summed E-state index contributed by atoms with van der Waals surface area (Å²) >= 11 is 0. The van der Waals surface area contributed by atoms with Crippen LogP contribution in [0.25, 0.3) is 23.2 Å². The van der Waals surface area contributed by atoms with Crippen molar-refractivity contribution in [3.63, 3.8) is 0 Å². The Hall–Kier alpha value is -3.14. The van der Waals surface area contributed by atoms with Gasteiger partial charge in [0.05, 0.1) is 11.0 Å². The molecule has 1 N–H and O–H groups in total. The molecular weight excluding hydrogens is 288 g/mol. The van der Waals surface area contributed by atoms with Gasteiger partial charge in [-0.15, -0.1) is 0 Å². The Balaban J connectivity index is 1.89. The van der Waals surface area contributed by atoms with Gasteiger partial charge in [-0.1, -0.05) is 43.0 Å². The number of benzene rings is 2. The smallest absolute Gasteiger partial charge is 0.274 e. The SMILES string of the molecule is C=CCOc1cccc(/C=C/c2nc3ccccc3[nH]c2=O)c1. The van der Waals surface area contributed by atoms with Gasteiger partial charge >= 0.3 is 0 Å². The number of aromatic nitrogens is 2. The second-order valence-corrected chi connectivity index (χ2v) is 4.97. The molecule has 23 heavy (non-hydrogen) atoms. The zero-order valence-corrected chi connectivity index (χ0v) is 12.5. The van der Waals surface area contributed by atoms with Crippen molar-refractivity contribution in [1.82, 2.24) is 9.97 Å². The van der Waals surface area contributed by atoms with Crippen molar-refractivity contribution in [2.75, 3.05) is 6.61 Å². The minimum atomic E-state index is -0.209. The first kappa shape index (κ1) is 14.8. The molecule has 0 unspecified atom stereocenters. The van der Waals surface area contributed by atoms with Crippen LogP contribution >= 0.6 is 0 Å². The fraction of sp³-hybridized carbons (Fsp3) is 0.0526. The van der Waals surface area contributed by atoms with E-state index in [9.17, 15) is 4.79 Å². The molecule has 2 aromatic carbocycles. The lowest BCUT2D eigenvalue weighted by molar-refractivity contribution is 0.363. The van der Waals surface area contributed by atoms with Crippen LogP contribution in [0.5, 0.6) is 5.75 Å². The van der Waals surface area contributed by atoms with Crippen molar-refractivity contribution in [2.45, 2.75) is 0 Å². The Kier molecular flexibility index (Phi) is 4.34. The summed E-state index contributed by atoms with van der Waals surface area (Å²) < 4.78 is 5.49. The fourth-order valence-electron chi connectivity index (χ4n) is 2.19. The number of aromatic amines is 1. The van der Waals surface area contributed by atoms with Crippen LogP contribution in [0, 0.1) is 0 Å². The summed E-state index contributed by atoms with van der Waals surface area (Å²) in [6.07, 6.45) is 5.24. The monoisotopic (exact) mass is 304 g/mol. The van der Waals surface area contributed by atoms with Gasteiger partial charge in [-0.05, 0) is 35.9 Å². The van der Waals surface area contributed by atoms with Gasteiger partial charge in [0.1, 0.15) is 18.1 Å². The van der Waals surface area contributed by atoms with Gasteiger partial charge in [0.2, 0.25) is 0 Å². The normalized spacial score (nSPS) is 11.0. The number of fused-ring (bicyclic) bond motifs is 1. The molecule has 0 bridgehead atoms. The van der Waals surface area contributed by atoms with Crippen molar-refractivity contribution in [2.24, 2.45) is 0 Å². The van der Waals surface area contributed by atoms with E-state index < -0.39 is 0 Å². The van der Waals surface area contributed by atoms with Crippen LogP contribution in [0.2, 0.25) is 0 Å². The fourth-order valence-corrected chi connectivity index (χ4v) is 2.19. The van der Waals surface area contributed by atoms with E-state index in [-0.39, 0.29) is 5.56 Å². The minimum Gasteiger partial charge on any atom is -0.490 e. The summed E-state index contributed by atoms with van der Waals surface area (Å²) in [5.41, 5.74) is 2.59. The van der Waals surface area contributed by atoms with E-state index >= 15 is 0 Å². The molecule has 0 aliphatic heterocycles. The van der Waals surface area contributed by atoms with Gasteiger partial charge in [-0.3, -0.25) is 4.79 Å². The van der Waals surface area contributed by atoms with Crippen LogP contribution in [-0.4, -0.2) is 16.6 Å². The summed E-state index contributed by atoms with van der Waals surface area (Å²) in [5.74, 6) is 0.757. The Morgan fingerprint density at radius 3 is 2.87 bits per heavy atom. The predicted molar refractivity (Wildman–Crippen MR) is 93.4 cm³/mol. The van der Waals surface area contributed by atoms with E-state index in [0.717, 1.165) is 22.3 Å². The van der Waals surface area contributed by atoms with E-state index in [4.69, 9.17) is 4.74 Å². The van der Waals surface area contributed by atoms with E-state index in [2.05, 4.69) is 16.5 Å². The van der Waals surface area contributed by atoms with Crippen molar-refractivity contribution >= 4 is 23.2 Å². The van der Waals surface area contributed by atoms with Crippen LogP contribution in [0.1, 0.15) is 11.3 Å². The standard InChI is InChI=1S/C19H16N2O2/c1-2-12-23-15-7-5-6-14(13-15)10-11-18-19(22)21-17-9-4-3-8-16(17)20-18/h2-11,13H,1,12H2,(H,21,22)/b11-10+. The lowest BCUT2D eigenvalue weighted by Crippen LogP contribution is -2.11. The van der Waals surface area contributed by atoms with Crippen LogP contribution in [0.4, 0.5) is 0 Å². The Morgan fingerprint density at radius 2 is 2.00 bits per heavy atom. The van der Waals surface area contributed by atoms with Gasteiger partial charge in [0.15, 0.2) is 0 Å². The number of ether oxygens (including phenoxy) is 1. The largest absolute Gasteiger partial charge is 0.490 e. The van der Waals surface area contributed by atoms with Crippen LogP contribution in [0.3, 0.4) is 0 Å². The van der Waals surface area contributed by atoms with Gasteiger partial charge in [-0.2, -0.15) is 0 Å². The highest BCUT2D eigenvalue weighted by Gasteiger charge is 2.01. The molecule has 0 saturated carbocycles. The Morgan fingerprint density at radius 1 is 1.13 bits per heavy atom. The van der Waals surface area contributed by atoms with Crippen molar-refractivity contribution in [1.29, 1.82) is 0 Å². The zero-order valence-electron chi connectivity index (χ0n) is 12.5. The second kappa shape index (κ2) is 6.75. The van der Waals surface area contributed by atoms with Crippen molar-refractivity contribution < 1.29 is 4.74 Å². The second-order valence-electron chi connectivity index (χ2n) is 4.97. The third kappa shape index (κ3) is 3.55. The molecule has 0 saturated heterocycles. The molecule has 0 radical (unpaired) electrons. The Labute approximate surface area is 133 Å². The van der Waals surface area contributed by atoms with Gasteiger partial charge in [-0.25, -0.2) is 4.98 Å². The molecule has 1 aromatic heterocycles. The van der Waals surface area contributed by atoms with Crippen LogP contribution < -0.4 is 10.3 Å². The lowest BCUT2D eigenvalue weighted by atomic mass is 10.2. The number of H-pyrrole nitrogens is 1. The lowest BCUT2D eigenvalue weighted by Gasteiger charge is -2.03. The molecule has 0 fully saturated rings. The molecule has 0 spiro atoms. The molecule has 3 rings (SSSR count). The minimum absolute atomic E-state index is 0.209. The maximum absolute atomic E-state index is 12.1. The summed E-state index contributed by atoms with van der Waals surface area (Å²) in [6, 6.07) is 15.1. The quantitative estimate of drug-likeness (QED) is 0.732. The highest BCUT2D eigenvalue weighted by atomic mass is 16.5. The number of nitrogens with one attached hydrogen (secondary N) is 1. The average Bonchev–Trinajstić information content (AvgIpc) is 2.58. The maximum Gasteiger partial charge on any atom is 0.274 e. The summed E-state index contributed by atoms with van der Waals surface area (Å²) in [7, 11) is 0. The van der Waals surface area contributed by atoms with Gasteiger partial charge in [0.25, 0.3) is 5.56 Å². The molecule has 0 atom stereocenters. The number of hydrogen-bond acceptors (Lipinski definition) is 3. The first-order chi connectivity index (χ1) is 11.3. The highest BCUT2D eigenvalue weighted by molar-refractivity contribution is 5.76. The van der Waals surface area contributed by atoms with E-state index in [1.165, 1.54) is 0 Å². The molecule has 114 valence electrons. The van der Waals surface area contributed by atoms with Crippen molar-refractivity contribution in [3.8, 4) is 5.75 Å². The first-order valence-electron chi connectivity index (χ1n) is 7.27. The molecule has 0 amide bonds.